The van der Waals surface area contributed by atoms with E-state index >= 15 is 0 Å². The van der Waals surface area contributed by atoms with Crippen LogP contribution >= 0.6 is 0 Å². The predicted molar refractivity (Wildman–Crippen MR) is 84.1 cm³/mol. The Kier molecular flexibility index (Phi) is 2.75. The third-order valence-electron chi connectivity index (χ3n) is 3.81. The molecule has 0 aliphatic carbocycles. The van der Waals surface area contributed by atoms with Gasteiger partial charge in [0.15, 0.2) is 0 Å². The first kappa shape index (κ1) is 12.2. The first-order valence-corrected chi connectivity index (χ1v) is 7.01. The molecule has 2 aromatic heterocycles. The molecule has 0 spiro atoms. The zero-order valence-corrected chi connectivity index (χ0v) is 11.5. The van der Waals surface area contributed by atoms with Crippen LogP contribution in [-0.2, 0) is 6.54 Å². The van der Waals surface area contributed by atoms with Crippen molar-refractivity contribution in [2.75, 3.05) is 6.61 Å². The molecule has 0 atom stereocenters. The van der Waals surface area contributed by atoms with Crippen molar-refractivity contribution in [1.29, 1.82) is 0 Å². The minimum Gasteiger partial charge on any atom is -0.395 e. The molecule has 4 nitrogen and oxygen atoms in total. The average Bonchev–Trinajstić information content (AvgIpc) is 3.12. The van der Waals surface area contributed by atoms with Crippen LogP contribution in [0.25, 0.3) is 33.3 Å². The second kappa shape index (κ2) is 4.75. The van der Waals surface area contributed by atoms with Gasteiger partial charge in [0.05, 0.1) is 17.6 Å². The summed E-state index contributed by atoms with van der Waals surface area (Å²) in [4.78, 5) is 8.00. The van der Waals surface area contributed by atoms with Crippen LogP contribution in [0.15, 0.2) is 54.7 Å². The molecule has 0 aliphatic rings. The monoisotopic (exact) mass is 277 g/mol. The average molecular weight is 277 g/mol. The Hall–Kier alpha value is -2.59. The van der Waals surface area contributed by atoms with E-state index in [1.54, 1.807) is 0 Å². The van der Waals surface area contributed by atoms with Gasteiger partial charge < -0.3 is 14.7 Å². The number of hydrogen-bond donors (Lipinski definition) is 2. The number of benzene rings is 2. The fourth-order valence-corrected chi connectivity index (χ4v) is 2.89. The van der Waals surface area contributed by atoms with Crippen molar-refractivity contribution in [3.05, 3.63) is 54.7 Å². The molecule has 21 heavy (non-hydrogen) atoms. The van der Waals surface area contributed by atoms with Crippen LogP contribution in [0.3, 0.4) is 0 Å². The number of rotatable bonds is 3. The summed E-state index contributed by atoms with van der Waals surface area (Å²) in [5, 5.41) is 10.5. The molecular weight excluding hydrogens is 262 g/mol. The second-order valence-electron chi connectivity index (χ2n) is 5.04. The Bertz CT molecular complexity index is 920. The predicted octanol–water partition coefficient (Wildman–Crippen LogP) is 3.18. The summed E-state index contributed by atoms with van der Waals surface area (Å²) in [6.07, 6.45) is 1.94. The molecular formula is C17H15N3O. The maximum atomic E-state index is 9.39. The highest BCUT2D eigenvalue weighted by atomic mass is 16.3. The third kappa shape index (κ3) is 1.84. The van der Waals surface area contributed by atoms with Gasteiger partial charge in [-0.3, -0.25) is 0 Å². The number of hydrogen-bond acceptors (Lipinski definition) is 2. The van der Waals surface area contributed by atoms with Crippen LogP contribution in [0.5, 0.6) is 0 Å². The van der Waals surface area contributed by atoms with Gasteiger partial charge in [-0.15, -0.1) is 0 Å². The van der Waals surface area contributed by atoms with Gasteiger partial charge in [-0.1, -0.05) is 24.3 Å². The third-order valence-corrected chi connectivity index (χ3v) is 3.81. The van der Waals surface area contributed by atoms with Gasteiger partial charge in [-0.05, 0) is 24.3 Å². The second-order valence-corrected chi connectivity index (χ2v) is 5.04. The minimum absolute atomic E-state index is 0.0937. The van der Waals surface area contributed by atoms with Crippen LogP contribution < -0.4 is 0 Å². The van der Waals surface area contributed by atoms with Crippen LogP contribution in [0.4, 0.5) is 0 Å². The van der Waals surface area contributed by atoms with E-state index in [0.717, 1.165) is 33.3 Å². The first-order chi connectivity index (χ1) is 10.4. The summed E-state index contributed by atoms with van der Waals surface area (Å²) in [6.45, 7) is 0.632. The molecule has 4 rings (SSSR count). The van der Waals surface area contributed by atoms with Crippen LogP contribution in [0.1, 0.15) is 0 Å². The quantitative estimate of drug-likeness (QED) is 0.604. The minimum atomic E-state index is 0.0937. The van der Waals surface area contributed by atoms with E-state index in [0.29, 0.717) is 6.54 Å². The van der Waals surface area contributed by atoms with Crippen molar-refractivity contribution in [2.24, 2.45) is 0 Å². The molecule has 2 N–H and O–H groups in total. The molecule has 4 heteroatoms. The highest BCUT2D eigenvalue weighted by Crippen LogP contribution is 2.30. The lowest BCUT2D eigenvalue weighted by Gasteiger charge is -2.08. The van der Waals surface area contributed by atoms with Crippen molar-refractivity contribution < 1.29 is 5.11 Å². The maximum Gasteiger partial charge on any atom is 0.141 e. The molecule has 0 amide bonds. The Morgan fingerprint density at radius 2 is 1.95 bits per heavy atom. The van der Waals surface area contributed by atoms with Crippen molar-refractivity contribution in [2.45, 2.75) is 6.54 Å². The van der Waals surface area contributed by atoms with Gasteiger partial charge in [0.25, 0.3) is 0 Å². The molecule has 2 heterocycles. The zero-order chi connectivity index (χ0) is 14.2. The summed E-state index contributed by atoms with van der Waals surface area (Å²) in [5.41, 5.74) is 4.18. The zero-order valence-electron chi connectivity index (χ0n) is 11.5. The lowest BCUT2D eigenvalue weighted by Crippen LogP contribution is -2.04. The molecule has 2 aromatic carbocycles. The van der Waals surface area contributed by atoms with Gasteiger partial charge in [0, 0.05) is 29.2 Å². The van der Waals surface area contributed by atoms with Crippen molar-refractivity contribution in [1.82, 2.24) is 14.5 Å². The van der Waals surface area contributed by atoms with Gasteiger partial charge >= 0.3 is 0 Å². The fraction of sp³-hybridized carbons (Fsp3) is 0.118. The molecule has 0 bridgehead atoms. The van der Waals surface area contributed by atoms with Crippen molar-refractivity contribution in [3.8, 4) is 11.4 Å². The highest BCUT2D eigenvalue weighted by Gasteiger charge is 2.14. The van der Waals surface area contributed by atoms with E-state index in [-0.39, 0.29) is 6.61 Å². The molecule has 0 fully saturated rings. The van der Waals surface area contributed by atoms with E-state index in [4.69, 9.17) is 4.98 Å². The van der Waals surface area contributed by atoms with Gasteiger partial charge in [0.2, 0.25) is 0 Å². The SMILES string of the molecule is OCCn1c(-c2cccc3[nH]ccc23)nc2ccccc21. The number of fused-ring (bicyclic) bond motifs is 2. The molecule has 0 radical (unpaired) electrons. The number of imidazole rings is 1. The summed E-state index contributed by atoms with van der Waals surface area (Å²) in [5.74, 6) is 0.899. The van der Waals surface area contributed by atoms with E-state index in [2.05, 4.69) is 27.8 Å². The van der Waals surface area contributed by atoms with Crippen molar-refractivity contribution in [3.63, 3.8) is 0 Å². The highest BCUT2D eigenvalue weighted by molar-refractivity contribution is 5.95. The number of nitrogens with one attached hydrogen (secondary N) is 1. The molecule has 0 aliphatic heterocycles. The van der Waals surface area contributed by atoms with Crippen LogP contribution in [0.2, 0.25) is 0 Å². The van der Waals surface area contributed by atoms with Crippen LogP contribution in [-0.4, -0.2) is 26.2 Å². The number of aliphatic hydroxyl groups is 1. The first-order valence-electron chi connectivity index (χ1n) is 7.01. The van der Waals surface area contributed by atoms with E-state index in [9.17, 15) is 5.11 Å². The Morgan fingerprint density at radius 3 is 2.86 bits per heavy atom. The molecule has 0 saturated heterocycles. The number of nitrogens with zero attached hydrogens (tertiary/aromatic N) is 2. The lowest BCUT2D eigenvalue weighted by atomic mass is 10.1. The standard InChI is InChI=1S/C17H15N3O/c21-11-10-20-16-7-2-1-5-15(16)19-17(20)13-4-3-6-14-12(13)8-9-18-14/h1-9,18,21H,10-11H2. The number of aromatic amines is 1. The Balaban J connectivity index is 2.05. The fourth-order valence-electron chi connectivity index (χ4n) is 2.89. The molecule has 4 aromatic rings. The van der Waals surface area contributed by atoms with E-state index in [1.807, 2.05) is 36.5 Å². The summed E-state index contributed by atoms with van der Waals surface area (Å²) < 4.78 is 2.08. The Morgan fingerprint density at radius 1 is 1.05 bits per heavy atom. The van der Waals surface area contributed by atoms with Crippen LogP contribution in [0, 0.1) is 0 Å². The van der Waals surface area contributed by atoms with E-state index < -0.39 is 0 Å². The topological polar surface area (TPSA) is 53.8 Å². The maximum absolute atomic E-state index is 9.39. The van der Waals surface area contributed by atoms with Gasteiger partial charge in [-0.2, -0.15) is 0 Å². The normalized spacial score (nSPS) is 11.5. The van der Waals surface area contributed by atoms with E-state index in [1.165, 1.54) is 0 Å². The van der Waals surface area contributed by atoms with Crippen molar-refractivity contribution >= 4 is 21.9 Å². The largest absolute Gasteiger partial charge is 0.395 e. The van der Waals surface area contributed by atoms with Gasteiger partial charge in [0.1, 0.15) is 5.82 Å². The smallest absolute Gasteiger partial charge is 0.141 e. The summed E-state index contributed by atoms with van der Waals surface area (Å²) >= 11 is 0. The molecule has 0 unspecified atom stereocenters. The Labute approximate surface area is 121 Å². The lowest BCUT2D eigenvalue weighted by molar-refractivity contribution is 0.278. The molecule has 0 saturated carbocycles. The number of H-pyrrole nitrogens is 1. The number of aliphatic hydroxyl groups excluding tert-OH is 1. The number of para-hydroxylation sites is 2. The summed E-state index contributed by atoms with van der Waals surface area (Å²) in [7, 11) is 0. The van der Waals surface area contributed by atoms with Gasteiger partial charge in [-0.25, -0.2) is 4.98 Å². The molecule has 104 valence electrons. The summed E-state index contributed by atoms with van der Waals surface area (Å²) in [6, 6.07) is 16.2. The number of aromatic nitrogens is 3.